The molecular formula is C32H41N3O3. The maximum absolute atomic E-state index is 13.2. The maximum Gasteiger partial charge on any atom is 0.253 e. The van der Waals surface area contributed by atoms with Gasteiger partial charge in [0.2, 0.25) is 0 Å². The number of carbonyl (C=O) groups excluding carboxylic acids is 1. The molecule has 0 aliphatic carbocycles. The van der Waals surface area contributed by atoms with Gasteiger partial charge in [-0.15, -0.1) is 0 Å². The number of piperazine rings is 1. The summed E-state index contributed by atoms with van der Waals surface area (Å²) < 4.78 is 5.58. The van der Waals surface area contributed by atoms with Crippen LogP contribution in [0.25, 0.3) is 0 Å². The zero-order valence-electron chi connectivity index (χ0n) is 23.3. The van der Waals surface area contributed by atoms with Crippen LogP contribution in [0.1, 0.15) is 60.8 Å². The molecule has 3 aromatic carbocycles. The second-order valence-electron chi connectivity index (χ2n) is 10.3. The first-order valence-corrected chi connectivity index (χ1v) is 13.6. The summed E-state index contributed by atoms with van der Waals surface area (Å²) in [5.74, 6) is 1.20. The lowest BCUT2D eigenvalue weighted by molar-refractivity contribution is 0.0194. The van der Waals surface area contributed by atoms with E-state index in [1.54, 1.807) is 13.2 Å². The molecule has 6 nitrogen and oxygen atoms in total. The van der Waals surface area contributed by atoms with Crippen molar-refractivity contribution in [2.75, 3.05) is 33.3 Å². The monoisotopic (exact) mass is 515 g/mol. The van der Waals surface area contributed by atoms with Crippen molar-refractivity contribution in [3.63, 3.8) is 0 Å². The van der Waals surface area contributed by atoms with Gasteiger partial charge >= 0.3 is 0 Å². The van der Waals surface area contributed by atoms with Gasteiger partial charge in [-0.3, -0.25) is 14.6 Å². The average molecular weight is 516 g/mol. The van der Waals surface area contributed by atoms with E-state index in [1.165, 1.54) is 0 Å². The van der Waals surface area contributed by atoms with E-state index in [2.05, 4.69) is 54.0 Å². The van der Waals surface area contributed by atoms with E-state index in [1.807, 2.05) is 55.1 Å². The van der Waals surface area contributed by atoms with Crippen LogP contribution in [0.3, 0.4) is 0 Å². The fraction of sp³-hybridized carbons (Fsp3) is 0.406. The third-order valence-corrected chi connectivity index (χ3v) is 7.70. The van der Waals surface area contributed by atoms with Crippen LogP contribution in [-0.4, -0.2) is 71.1 Å². The number of phenolic OH excluding ortho intramolecular Hbond substituents is 1. The second-order valence-corrected chi connectivity index (χ2v) is 10.3. The van der Waals surface area contributed by atoms with Gasteiger partial charge in [0.1, 0.15) is 11.5 Å². The van der Waals surface area contributed by atoms with Crippen LogP contribution in [0.5, 0.6) is 11.5 Å². The molecule has 202 valence electrons. The largest absolute Gasteiger partial charge is 0.508 e. The summed E-state index contributed by atoms with van der Waals surface area (Å²) in [4.78, 5) is 20.1. The molecule has 0 spiro atoms. The minimum atomic E-state index is -0.0186. The van der Waals surface area contributed by atoms with Crippen molar-refractivity contribution in [1.82, 2.24) is 14.7 Å². The van der Waals surface area contributed by atoms with Crippen LogP contribution >= 0.6 is 0 Å². The Morgan fingerprint density at radius 3 is 2.32 bits per heavy atom. The first-order valence-electron chi connectivity index (χ1n) is 13.6. The lowest BCUT2D eigenvalue weighted by atomic mass is 9.92. The molecule has 1 N–H and O–H groups in total. The molecule has 0 aromatic heterocycles. The number of rotatable bonds is 9. The van der Waals surface area contributed by atoms with Crippen LogP contribution < -0.4 is 4.74 Å². The van der Waals surface area contributed by atoms with E-state index < -0.39 is 0 Å². The maximum atomic E-state index is 13.2. The number of hydrogen-bond donors (Lipinski definition) is 1. The molecule has 1 amide bonds. The van der Waals surface area contributed by atoms with Gasteiger partial charge in [-0.05, 0) is 80.8 Å². The molecule has 1 saturated heterocycles. The number of aromatic hydroxyl groups is 1. The normalized spacial score (nSPS) is 19.2. The SMILES string of the molecule is CCN(CC)C(=O)c1cccc(C(c2cccc(OC)c2)N2CC(C)N(Cc3cccc(O)c3)CC2C)c1. The molecule has 38 heavy (non-hydrogen) atoms. The number of methoxy groups -OCH3 is 1. The molecule has 3 atom stereocenters. The lowest BCUT2D eigenvalue weighted by Gasteiger charge is -2.47. The van der Waals surface area contributed by atoms with Crippen molar-refractivity contribution < 1.29 is 14.6 Å². The molecule has 0 saturated carbocycles. The summed E-state index contributed by atoms with van der Waals surface area (Å²) in [5.41, 5.74) is 4.10. The van der Waals surface area contributed by atoms with E-state index in [0.717, 1.165) is 47.6 Å². The summed E-state index contributed by atoms with van der Waals surface area (Å²) in [6.07, 6.45) is 0. The van der Waals surface area contributed by atoms with E-state index in [9.17, 15) is 9.90 Å². The van der Waals surface area contributed by atoms with Gasteiger partial charge in [0, 0.05) is 50.4 Å². The topological polar surface area (TPSA) is 56.2 Å². The standard InChI is InChI=1S/C32H41N3O3/c1-6-33(7-2)32(37)28-14-9-12-26(18-28)31(27-13-10-16-30(19-27)38-5)35-21-23(3)34(20-24(35)4)22-25-11-8-15-29(36)17-25/h8-19,23-24,31,36H,6-7,20-22H2,1-5H3. The third kappa shape index (κ3) is 6.20. The fourth-order valence-corrected chi connectivity index (χ4v) is 5.62. The van der Waals surface area contributed by atoms with Crippen LogP contribution in [0.2, 0.25) is 0 Å². The molecule has 0 radical (unpaired) electrons. The van der Waals surface area contributed by atoms with Crippen LogP contribution in [0.4, 0.5) is 0 Å². The smallest absolute Gasteiger partial charge is 0.253 e. The lowest BCUT2D eigenvalue weighted by Crippen LogP contribution is -2.56. The summed E-state index contributed by atoms with van der Waals surface area (Å²) in [7, 11) is 1.70. The Balaban J connectivity index is 1.67. The predicted octanol–water partition coefficient (Wildman–Crippen LogP) is 5.57. The second kappa shape index (κ2) is 12.5. The third-order valence-electron chi connectivity index (χ3n) is 7.70. The minimum absolute atomic E-state index is 0.0186. The molecule has 0 bridgehead atoms. The van der Waals surface area contributed by atoms with E-state index in [0.29, 0.717) is 24.9 Å². The van der Waals surface area contributed by atoms with Crippen LogP contribution in [-0.2, 0) is 6.54 Å². The first-order chi connectivity index (χ1) is 18.3. The van der Waals surface area contributed by atoms with Gasteiger partial charge in [-0.1, -0.05) is 36.4 Å². The highest BCUT2D eigenvalue weighted by molar-refractivity contribution is 5.94. The molecule has 1 aliphatic rings. The molecular weight excluding hydrogens is 474 g/mol. The van der Waals surface area contributed by atoms with Crippen molar-refractivity contribution in [2.24, 2.45) is 0 Å². The van der Waals surface area contributed by atoms with Gasteiger partial charge in [-0.25, -0.2) is 0 Å². The molecule has 4 rings (SSSR count). The van der Waals surface area contributed by atoms with Crippen LogP contribution in [0.15, 0.2) is 72.8 Å². The Morgan fingerprint density at radius 1 is 0.947 bits per heavy atom. The van der Waals surface area contributed by atoms with E-state index in [-0.39, 0.29) is 18.0 Å². The van der Waals surface area contributed by atoms with E-state index in [4.69, 9.17) is 4.74 Å². The zero-order valence-corrected chi connectivity index (χ0v) is 23.3. The Kier molecular flexibility index (Phi) is 9.08. The highest BCUT2D eigenvalue weighted by Gasteiger charge is 2.35. The Labute approximate surface area is 227 Å². The number of nitrogens with zero attached hydrogens (tertiary/aromatic N) is 3. The van der Waals surface area contributed by atoms with Gasteiger partial charge in [0.05, 0.1) is 13.2 Å². The highest BCUT2D eigenvalue weighted by atomic mass is 16.5. The van der Waals surface area contributed by atoms with Gasteiger partial charge in [0.15, 0.2) is 0 Å². The molecule has 1 aliphatic heterocycles. The number of benzene rings is 3. The van der Waals surface area contributed by atoms with Gasteiger partial charge < -0.3 is 14.7 Å². The van der Waals surface area contributed by atoms with Crippen molar-refractivity contribution in [1.29, 1.82) is 0 Å². The molecule has 3 unspecified atom stereocenters. The predicted molar refractivity (Wildman–Crippen MR) is 153 cm³/mol. The van der Waals surface area contributed by atoms with Gasteiger partial charge in [0.25, 0.3) is 5.91 Å². The number of hydrogen-bond acceptors (Lipinski definition) is 5. The fourth-order valence-electron chi connectivity index (χ4n) is 5.62. The summed E-state index contributed by atoms with van der Waals surface area (Å²) in [6.45, 7) is 12.5. The Morgan fingerprint density at radius 2 is 1.63 bits per heavy atom. The number of amides is 1. The quantitative estimate of drug-likeness (QED) is 0.404. The average Bonchev–Trinajstić information content (AvgIpc) is 2.92. The summed E-state index contributed by atoms with van der Waals surface area (Å²) in [6, 6.07) is 24.5. The highest BCUT2D eigenvalue weighted by Crippen LogP contribution is 2.35. The Hall–Kier alpha value is -3.35. The van der Waals surface area contributed by atoms with Crippen molar-refractivity contribution in [3.8, 4) is 11.5 Å². The minimum Gasteiger partial charge on any atom is -0.508 e. The zero-order chi connectivity index (χ0) is 27.2. The molecule has 6 heteroatoms. The van der Waals surface area contributed by atoms with E-state index >= 15 is 0 Å². The molecule has 1 fully saturated rings. The Bertz CT molecular complexity index is 1230. The number of phenols is 1. The summed E-state index contributed by atoms with van der Waals surface area (Å²) >= 11 is 0. The van der Waals surface area contributed by atoms with Crippen molar-refractivity contribution in [2.45, 2.75) is 52.4 Å². The number of carbonyl (C=O) groups is 1. The van der Waals surface area contributed by atoms with Gasteiger partial charge in [-0.2, -0.15) is 0 Å². The molecule has 1 heterocycles. The summed E-state index contributed by atoms with van der Waals surface area (Å²) in [5, 5.41) is 9.93. The number of ether oxygens (including phenoxy) is 1. The molecule has 3 aromatic rings. The van der Waals surface area contributed by atoms with Crippen molar-refractivity contribution >= 4 is 5.91 Å². The first kappa shape index (κ1) is 27.7. The van der Waals surface area contributed by atoms with Crippen LogP contribution in [0, 0.1) is 0 Å². The van der Waals surface area contributed by atoms with Crippen molar-refractivity contribution in [3.05, 3.63) is 95.1 Å².